The van der Waals surface area contributed by atoms with Gasteiger partial charge in [0.05, 0.1) is 12.2 Å². The van der Waals surface area contributed by atoms with Gasteiger partial charge in [0.15, 0.2) is 0 Å². The second kappa shape index (κ2) is 4.56. The van der Waals surface area contributed by atoms with Crippen LogP contribution < -0.4 is 0 Å². The van der Waals surface area contributed by atoms with Crippen molar-refractivity contribution in [3.05, 3.63) is 24.0 Å². The van der Waals surface area contributed by atoms with Crippen molar-refractivity contribution in [3.63, 3.8) is 0 Å². The molecule has 66 valence electrons. The molecule has 0 saturated carbocycles. The Hall–Kier alpha value is -1.29. The fraction of sp³-hybridized carbons (Fsp3) is 0.375. The van der Waals surface area contributed by atoms with Gasteiger partial charge in [0.25, 0.3) is 0 Å². The van der Waals surface area contributed by atoms with Gasteiger partial charge in [-0.2, -0.15) is 4.89 Å². The molecule has 0 aliphatic carbocycles. The zero-order valence-corrected chi connectivity index (χ0v) is 6.78. The Balaban J connectivity index is 2.58. The first kappa shape index (κ1) is 8.80. The maximum Gasteiger partial charge on any atom is 0.341 e. The molecule has 0 bridgehead atoms. The predicted octanol–water partition coefficient (Wildman–Crippen LogP) is 0.951. The first-order valence-corrected chi connectivity index (χ1v) is 3.66. The molecule has 0 unspecified atom stereocenters. The maximum atomic E-state index is 11.1. The van der Waals surface area contributed by atoms with Crippen LogP contribution in [0.5, 0.6) is 0 Å². The molecule has 1 aliphatic heterocycles. The molecular weight excluding hydrogens is 160 g/mol. The van der Waals surface area contributed by atoms with Gasteiger partial charge >= 0.3 is 5.97 Å². The van der Waals surface area contributed by atoms with Gasteiger partial charge in [-0.1, -0.05) is 6.08 Å². The number of esters is 1. The van der Waals surface area contributed by atoms with Crippen LogP contribution in [-0.4, -0.2) is 19.2 Å². The van der Waals surface area contributed by atoms with Gasteiger partial charge in [-0.3, -0.25) is 0 Å². The van der Waals surface area contributed by atoms with Crippen LogP contribution in [0.25, 0.3) is 0 Å². The van der Waals surface area contributed by atoms with E-state index in [-0.39, 0.29) is 0 Å². The topological polar surface area (TPSA) is 44.8 Å². The summed E-state index contributed by atoms with van der Waals surface area (Å²) in [5.41, 5.74) is 0.356. The van der Waals surface area contributed by atoms with Crippen molar-refractivity contribution < 1.29 is 19.3 Å². The van der Waals surface area contributed by atoms with E-state index in [0.29, 0.717) is 18.8 Å². The SMILES string of the molecule is CCOC(=O)C1=COOCC=C1. The van der Waals surface area contributed by atoms with Crippen LogP contribution in [0, 0.1) is 0 Å². The lowest BCUT2D eigenvalue weighted by molar-refractivity contribution is -0.238. The molecule has 0 atom stereocenters. The van der Waals surface area contributed by atoms with Gasteiger partial charge in [-0.05, 0) is 13.0 Å². The number of carbonyl (C=O) groups is 1. The Kier molecular flexibility index (Phi) is 3.35. The van der Waals surface area contributed by atoms with E-state index in [0.717, 1.165) is 0 Å². The number of rotatable bonds is 2. The van der Waals surface area contributed by atoms with Gasteiger partial charge in [-0.25, -0.2) is 4.79 Å². The zero-order chi connectivity index (χ0) is 8.81. The Morgan fingerprint density at radius 3 is 3.33 bits per heavy atom. The van der Waals surface area contributed by atoms with Crippen LogP contribution in [0.1, 0.15) is 6.92 Å². The lowest BCUT2D eigenvalue weighted by atomic mass is 10.3. The van der Waals surface area contributed by atoms with Crippen LogP contribution in [0.4, 0.5) is 0 Å². The minimum Gasteiger partial charge on any atom is -0.462 e. The average Bonchev–Trinajstić information content (AvgIpc) is 2.32. The number of carbonyl (C=O) groups excluding carboxylic acids is 1. The normalized spacial score (nSPS) is 15.9. The van der Waals surface area contributed by atoms with Crippen molar-refractivity contribution in [1.29, 1.82) is 0 Å². The summed E-state index contributed by atoms with van der Waals surface area (Å²) < 4.78 is 4.74. The standard InChI is InChI=1S/C8H10O4/c1-2-10-8(9)7-4-3-5-11-12-6-7/h3-4,6H,2,5H2,1H3. The monoisotopic (exact) mass is 170 g/mol. The van der Waals surface area contributed by atoms with Crippen molar-refractivity contribution in [3.8, 4) is 0 Å². The second-order valence-corrected chi connectivity index (χ2v) is 2.08. The van der Waals surface area contributed by atoms with Gasteiger partial charge in [0.2, 0.25) is 0 Å². The summed E-state index contributed by atoms with van der Waals surface area (Å²) in [6.07, 6.45) is 4.50. The second-order valence-electron chi connectivity index (χ2n) is 2.08. The lowest BCUT2D eigenvalue weighted by Gasteiger charge is -1.99. The van der Waals surface area contributed by atoms with E-state index in [1.165, 1.54) is 6.26 Å². The third kappa shape index (κ3) is 2.39. The average molecular weight is 170 g/mol. The molecule has 4 nitrogen and oxygen atoms in total. The molecule has 12 heavy (non-hydrogen) atoms. The summed E-state index contributed by atoms with van der Waals surface area (Å²) in [5, 5.41) is 0. The summed E-state index contributed by atoms with van der Waals surface area (Å²) in [4.78, 5) is 20.2. The molecule has 1 heterocycles. The molecule has 0 saturated heterocycles. The summed E-state index contributed by atoms with van der Waals surface area (Å²) in [6.45, 7) is 2.43. The van der Waals surface area contributed by atoms with E-state index in [1.54, 1.807) is 19.1 Å². The number of hydrogen-bond donors (Lipinski definition) is 0. The first-order chi connectivity index (χ1) is 5.84. The number of ether oxygens (including phenoxy) is 1. The Labute approximate surface area is 70.3 Å². The Morgan fingerprint density at radius 1 is 1.75 bits per heavy atom. The highest BCUT2D eigenvalue weighted by molar-refractivity contribution is 5.91. The van der Waals surface area contributed by atoms with E-state index in [4.69, 9.17) is 4.74 Å². The maximum absolute atomic E-state index is 11.1. The first-order valence-electron chi connectivity index (χ1n) is 3.66. The number of hydrogen-bond acceptors (Lipinski definition) is 4. The Morgan fingerprint density at radius 2 is 2.58 bits per heavy atom. The molecule has 1 aliphatic rings. The molecule has 0 fully saturated rings. The molecule has 0 aromatic carbocycles. The summed E-state index contributed by atoms with van der Waals surface area (Å²) in [7, 11) is 0. The molecule has 0 amide bonds. The van der Waals surface area contributed by atoms with E-state index in [2.05, 4.69) is 9.78 Å². The van der Waals surface area contributed by atoms with E-state index in [9.17, 15) is 4.79 Å². The molecule has 0 spiro atoms. The van der Waals surface area contributed by atoms with Gasteiger partial charge < -0.3 is 9.62 Å². The van der Waals surface area contributed by atoms with Crippen molar-refractivity contribution in [1.82, 2.24) is 0 Å². The van der Waals surface area contributed by atoms with Crippen molar-refractivity contribution in [2.45, 2.75) is 6.92 Å². The largest absolute Gasteiger partial charge is 0.462 e. The molecule has 0 radical (unpaired) electrons. The van der Waals surface area contributed by atoms with Crippen molar-refractivity contribution >= 4 is 5.97 Å². The third-order valence-corrected chi connectivity index (χ3v) is 1.22. The highest BCUT2D eigenvalue weighted by Gasteiger charge is 2.09. The highest BCUT2D eigenvalue weighted by atomic mass is 17.2. The quantitative estimate of drug-likeness (QED) is 0.457. The van der Waals surface area contributed by atoms with Crippen LogP contribution in [0.15, 0.2) is 24.0 Å². The van der Waals surface area contributed by atoms with Crippen LogP contribution in [0.3, 0.4) is 0 Å². The minimum absolute atomic E-state index is 0.333. The zero-order valence-electron chi connectivity index (χ0n) is 6.78. The van der Waals surface area contributed by atoms with E-state index in [1.807, 2.05) is 0 Å². The molecule has 0 aromatic rings. The Bertz CT molecular complexity index is 217. The molecule has 0 N–H and O–H groups in total. The van der Waals surface area contributed by atoms with Gasteiger partial charge in [-0.15, -0.1) is 0 Å². The fourth-order valence-corrected chi connectivity index (χ4v) is 0.709. The smallest absolute Gasteiger partial charge is 0.341 e. The molecule has 4 heteroatoms. The summed E-state index contributed by atoms with van der Waals surface area (Å²) in [5.74, 6) is -0.403. The molecule has 0 aromatic heterocycles. The fourth-order valence-electron chi connectivity index (χ4n) is 0.709. The molecule has 1 rings (SSSR count). The molecular formula is C8H10O4. The van der Waals surface area contributed by atoms with Crippen molar-refractivity contribution in [2.24, 2.45) is 0 Å². The third-order valence-electron chi connectivity index (χ3n) is 1.22. The summed E-state index contributed by atoms with van der Waals surface area (Å²) >= 11 is 0. The van der Waals surface area contributed by atoms with E-state index >= 15 is 0 Å². The highest BCUT2D eigenvalue weighted by Crippen LogP contribution is 2.04. The predicted molar refractivity (Wildman–Crippen MR) is 40.9 cm³/mol. The lowest BCUT2D eigenvalue weighted by Crippen LogP contribution is -2.05. The van der Waals surface area contributed by atoms with Crippen molar-refractivity contribution in [2.75, 3.05) is 13.2 Å². The van der Waals surface area contributed by atoms with Gasteiger partial charge in [0, 0.05) is 0 Å². The van der Waals surface area contributed by atoms with Crippen LogP contribution >= 0.6 is 0 Å². The summed E-state index contributed by atoms with van der Waals surface area (Å²) in [6, 6.07) is 0. The van der Waals surface area contributed by atoms with Crippen LogP contribution in [0.2, 0.25) is 0 Å². The van der Waals surface area contributed by atoms with Crippen LogP contribution in [-0.2, 0) is 19.3 Å². The van der Waals surface area contributed by atoms with E-state index < -0.39 is 5.97 Å². The van der Waals surface area contributed by atoms with Gasteiger partial charge in [0.1, 0.15) is 12.9 Å². The minimum atomic E-state index is -0.403.